The molecule has 2 aliphatic heterocycles. The molecule has 5 heterocycles. The summed E-state index contributed by atoms with van der Waals surface area (Å²) in [6, 6.07) is 3.22. The average molecular weight is 646 g/mol. The molecule has 1 aromatic carbocycles. The number of carbonyl (C=O) groups is 1. The second kappa shape index (κ2) is 11.5. The van der Waals surface area contributed by atoms with Crippen molar-refractivity contribution in [2.24, 2.45) is 0 Å². The highest BCUT2D eigenvalue weighted by Crippen LogP contribution is 2.27. The number of aromatic nitrogens is 6. The fraction of sp³-hybridized carbons (Fsp3) is 0.444. The zero-order valence-corrected chi connectivity index (χ0v) is 25.1. The van der Waals surface area contributed by atoms with E-state index < -0.39 is 5.82 Å². The summed E-state index contributed by atoms with van der Waals surface area (Å²) in [5.41, 5.74) is 1.72. The molecule has 0 radical (unpaired) electrons. The molecule has 0 bridgehead atoms. The van der Waals surface area contributed by atoms with Crippen LogP contribution >= 0.6 is 27.5 Å². The Morgan fingerprint density at radius 1 is 1.10 bits per heavy atom. The van der Waals surface area contributed by atoms with E-state index in [1.165, 1.54) is 6.07 Å². The molecule has 0 unspecified atom stereocenters. The van der Waals surface area contributed by atoms with Gasteiger partial charge in [0.15, 0.2) is 11.5 Å². The molecule has 0 atom stereocenters. The summed E-state index contributed by atoms with van der Waals surface area (Å²) < 4.78 is 19.2. The zero-order valence-electron chi connectivity index (χ0n) is 22.8. The largest absolute Gasteiger partial charge is 0.347 e. The maximum absolute atomic E-state index is 15.1. The van der Waals surface area contributed by atoms with Gasteiger partial charge in [-0.3, -0.25) is 4.79 Å². The average Bonchev–Trinajstić information content (AvgIpc) is 3.54. The van der Waals surface area contributed by atoms with E-state index in [0.717, 1.165) is 63.0 Å². The number of likely N-dealkylation sites (tertiary alicyclic amines) is 1. The van der Waals surface area contributed by atoms with Crippen molar-refractivity contribution in [3.05, 3.63) is 51.6 Å². The molecule has 0 aliphatic carbocycles. The molecule has 2 fully saturated rings. The quantitative estimate of drug-likeness (QED) is 0.302. The third-order valence-corrected chi connectivity index (χ3v) is 8.54. The Labute approximate surface area is 250 Å². The van der Waals surface area contributed by atoms with Gasteiger partial charge in [-0.15, -0.1) is 0 Å². The number of halogens is 3. The molecule has 1 N–H and O–H groups in total. The Balaban J connectivity index is 1.32. The molecule has 2 saturated heterocycles. The summed E-state index contributed by atoms with van der Waals surface area (Å²) in [6.45, 7) is 9.33. The summed E-state index contributed by atoms with van der Waals surface area (Å²) in [4.78, 5) is 33.6. The van der Waals surface area contributed by atoms with E-state index in [1.807, 2.05) is 9.47 Å². The Hall–Kier alpha value is -3.29. The van der Waals surface area contributed by atoms with E-state index in [2.05, 4.69) is 54.8 Å². The molecule has 6 rings (SSSR count). The summed E-state index contributed by atoms with van der Waals surface area (Å²) >= 11 is 9.63. The van der Waals surface area contributed by atoms with Gasteiger partial charge in [0.25, 0.3) is 5.91 Å². The van der Waals surface area contributed by atoms with Crippen molar-refractivity contribution >= 4 is 62.0 Å². The van der Waals surface area contributed by atoms with E-state index in [9.17, 15) is 4.79 Å². The van der Waals surface area contributed by atoms with Gasteiger partial charge in [0.1, 0.15) is 11.3 Å². The van der Waals surface area contributed by atoms with Crippen LogP contribution in [0.3, 0.4) is 0 Å². The number of likely N-dealkylation sites (N-methyl/N-ethyl adjacent to an activating group) is 1. The second-order valence-corrected chi connectivity index (χ2v) is 11.8. The summed E-state index contributed by atoms with van der Waals surface area (Å²) in [5.74, 6) is 0.884. The number of nitrogens with zero attached hydrogens (tertiary/aromatic N) is 9. The normalized spacial score (nSPS) is 16.6. The number of carbonyl (C=O) groups excluding carboxylic acids is 1. The van der Waals surface area contributed by atoms with Crippen LogP contribution in [-0.4, -0.2) is 91.2 Å². The van der Waals surface area contributed by atoms with Crippen LogP contribution < -0.4 is 10.2 Å². The first-order valence-corrected chi connectivity index (χ1v) is 14.9. The molecule has 11 nitrogen and oxygen atoms in total. The number of anilines is 2. The summed E-state index contributed by atoms with van der Waals surface area (Å²) in [6.07, 6.45) is 4.77. The van der Waals surface area contributed by atoms with Gasteiger partial charge < -0.3 is 24.6 Å². The Morgan fingerprint density at radius 2 is 1.85 bits per heavy atom. The van der Waals surface area contributed by atoms with Crippen LogP contribution in [0, 0.1) is 5.82 Å². The Bertz CT molecular complexity index is 1620. The number of fused-ring (bicyclic) bond motifs is 2. The number of imidazole rings is 1. The smallest absolute Gasteiger partial charge is 0.250 e. The third-order valence-electron chi connectivity index (χ3n) is 7.69. The number of nitrogens with one attached hydrogen (secondary N) is 1. The van der Waals surface area contributed by atoms with E-state index in [-0.39, 0.29) is 29.5 Å². The molecule has 3 aromatic heterocycles. The highest BCUT2D eigenvalue weighted by molar-refractivity contribution is 9.10. The molecule has 0 saturated carbocycles. The van der Waals surface area contributed by atoms with Crippen LogP contribution in [-0.2, 0) is 17.9 Å². The number of rotatable bonds is 7. The standard InChI is InChI=1S/C27H31BrClFN10O/c1-17(25(41)37-8-4-3-5-9-37)16-39-20-7-6-19(29)22(30)23(20)33-21(39)15-31-26-35-27(38-12-10-36(2)11-13-38)34-24-18(28)14-32-40(24)26/h6-7,14H,1,3-5,8-13,15-16H2,2H3,(H,31,34,35). The number of amides is 1. The van der Waals surface area contributed by atoms with Crippen molar-refractivity contribution in [1.82, 2.24) is 38.9 Å². The minimum atomic E-state index is -0.602. The van der Waals surface area contributed by atoms with E-state index >= 15 is 4.39 Å². The lowest BCUT2D eigenvalue weighted by Crippen LogP contribution is -2.45. The van der Waals surface area contributed by atoms with Crippen LogP contribution in [0.25, 0.3) is 16.7 Å². The van der Waals surface area contributed by atoms with Crippen LogP contribution in [0.1, 0.15) is 25.1 Å². The number of hydrogen-bond donors (Lipinski definition) is 1. The lowest BCUT2D eigenvalue weighted by Gasteiger charge is -2.32. The first kappa shape index (κ1) is 27.9. The van der Waals surface area contributed by atoms with Crippen LogP contribution in [0.2, 0.25) is 5.02 Å². The van der Waals surface area contributed by atoms with Crippen molar-refractivity contribution in [2.75, 3.05) is 56.5 Å². The predicted octanol–water partition coefficient (Wildman–Crippen LogP) is 3.96. The number of hydrogen-bond acceptors (Lipinski definition) is 8. The molecular formula is C27H31BrClFN10O. The van der Waals surface area contributed by atoms with Gasteiger partial charge in [-0.1, -0.05) is 18.2 Å². The molecule has 0 spiro atoms. The number of piperidine rings is 1. The Morgan fingerprint density at radius 3 is 2.61 bits per heavy atom. The van der Waals surface area contributed by atoms with Crippen molar-refractivity contribution < 1.29 is 9.18 Å². The van der Waals surface area contributed by atoms with E-state index in [0.29, 0.717) is 34.5 Å². The summed E-state index contributed by atoms with van der Waals surface area (Å²) in [7, 11) is 2.10. The van der Waals surface area contributed by atoms with E-state index in [4.69, 9.17) is 21.6 Å². The fourth-order valence-electron chi connectivity index (χ4n) is 5.33. The van der Waals surface area contributed by atoms with Crippen molar-refractivity contribution in [3.63, 3.8) is 0 Å². The molecule has 41 heavy (non-hydrogen) atoms. The lowest BCUT2D eigenvalue weighted by molar-refractivity contribution is -0.128. The SMILES string of the molecule is C=C(Cn1c(CNc2nc(N3CCN(C)CC3)nc3c(Br)cnn23)nc2c(F)c(Cl)ccc21)C(=O)N1CCCCC1. The van der Waals surface area contributed by atoms with Gasteiger partial charge in [-0.2, -0.15) is 19.6 Å². The maximum atomic E-state index is 15.1. The van der Waals surface area contributed by atoms with Gasteiger partial charge in [-0.25, -0.2) is 9.37 Å². The first-order valence-electron chi connectivity index (χ1n) is 13.7. The molecule has 1 amide bonds. The highest BCUT2D eigenvalue weighted by atomic mass is 79.9. The minimum Gasteiger partial charge on any atom is -0.347 e. The van der Waals surface area contributed by atoms with Crippen molar-refractivity contribution in [3.8, 4) is 0 Å². The Kier molecular flexibility index (Phi) is 7.84. The third kappa shape index (κ3) is 5.50. The zero-order chi connectivity index (χ0) is 28.7. The maximum Gasteiger partial charge on any atom is 0.250 e. The molecular weight excluding hydrogens is 615 g/mol. The van der Waals surface area contributed by atoms with Crippen LogP contribution in [0.5, 0.6) is 0 Å². The van der Waals surface area contributed by atoms with Gasteiger partial charge in [-0.05, 0) is 54.4 Å². The topological polar surface area (TPSA) is 99.7 Å². The van der Waals surface area contributed by atoms with Crippen molar-refractivity contribution in [1.29, 1.82) is 0 Å². The fourth-order valence-corrected chi connectivity index (χ4v) is 5.83. The predicted molar refractivity (Wildman–Crippen MR) is 160 cm³/mol. The number of piperazine rings is 1. The van der Waals surface area contributed by atoms with Gasteiger partial charge >= 0.3 is 0 Å². The first-order chi connectivity index (χ1) is 19.8. The summed E-state index contributed by atoms with van der Waals surface area (Å²) in [5, 5.41) is 7.75. The number of benzene rings is 1. The molecule has 216 valence electrons. The van der Waals surface area contributed by atoms with Gasteiger partial charge in [0.2, 0.25) is 11.9 Å². The highest BCUT2D eigenvalue weighted by Gasteiger charge is 2.24. The van der Waals surface area contributed by atoms with E-state index in [1.54, 1.807) is 16.8 Å². The minimum absolute atomic E-state index is 0.0133. The monoisotopic (exact) mass is 644 g/mol. The van der Waals surface area contributed by atoms with Crippen LogP contribution in [0.4, 0.5) is 16.3 Å². The van der Waals surface area contributed by atoms with Crippen molar-refractivity contribution in [2.45, 2.75) is 32.4 Å². The lowest BCUT2D eigenvalue weighted by atomic mass is 10.1. The molecule has 14 heteroatoms. The van der Waals surface area contributed by atoms with Gasteiger partial charge in [0.05, 0.1) is 34.3 Å². The van der Waals surface area contributed by atoms with Crippen LogP contribution in [0.15, 0.2) is 35.0 Å². The second-order valence-electron chi connectivity index (χ2n) is 10.5. The van der Waals surface area contributed by atoms with Gasteiger partial charge in [0, 0.05) is 44.8 Å². The molecule has 2 aliphatic rings. The molecule has 4 aromatic rings.